The van der Waals surface area contributed by atoms with Gasteiger partial charge in [-0.25, -0.2) is 19.2 Å². The molecule has 0 unspecified atom stereocenters. The first-order valence-electron chi connectivity index (χ1n) is 8.56. The molecule has 0 saturated heterocycles. The van der Waals surface area contributed by atoms with E-state index in [1.165, 1.54) is 11.3 Å². The lowest BCUT2D eigenvalue weighted by atomic mass is 10.2. The summed E-state index contributed by atoms with van der Waals surface area (Å²) in [5.74, 6) is -1.41. The van der Waals surface area contributed by atoms with E-state index in [0.29, 0.717) is 22.8 Å². The number of hydrogen-bond donors (Lipinski definition) is 2. The number of amides is 2. The molecule has 4 aromatic rings. The fourth-order valence-electron chi connectivity index (χ4n) is 2.74. The lowest BCUT2D eigenvalue weighted by Crippen LogP contribution is -2.20. The number of carbonyl (C=O) groups excluding carboxylic acids is 1. The Morgan fingerprint density at radius 3 is 2.47 bits per heavy atom. The van der Waals surface area contributed by atoms with Crippen LogP contribution in [-0.2, 0) is 6.18 Å². The molecule has 2 aromatic heterocycles. The standard InChI is InChI=1S/C20H12F4N4OS/c21-15-7-6-13(10-14(15)20(22,23)24)27-19(29)26-12-4-1-3-11(9-12)17-28-16-5-2-8-25-18(16)30-17/h1-10H,(H2,26,27,29). The average molecular weight is 432 g/mol. The number of hydrogen-bond acceptors (Lipinski definition) is 4. The maximum Gasteiger partial charge on any atom is 0.419 e. The number of thiazole rings is 1. The number of benzene rings is 2. The van der Waals surface area contributed by atoms with Crippen LogP contribution < -0.4 is 10.6 Å². The SMILES string of the molecule is O=C(Nc1cccc(-c2nc3cccnc3s2)c1)Nc1ccc(F)c(C(F)(F)F)c1. The van der Waals surface area contributed by atoms with Crippen LogP contribution >= 0.6 is 11.3 Å². The van der Waals surface area contributed by atoms with E-state index in [1.54, 1.807) is 30.5 Å². The minimum atomic E-state index is -4.86. The van der Waals surface area contributed by atoms with E-state index in [2.05, 4.69) is 20.6 Å². The van der Waals surface area contributed by atoms with Gasteiger partial charge in [0, 0.05) is 23.1 Å². The quantitative estimate of drug-likeness (QED) is 0.381. The van der Waals surface area contributed by atoms with Crippen molar-refractivity contribution in [3.05, 3.63) is 72.2 Å². The molecule has 10 heteroatoms. The minimum Gasteiger partial charge on any atom is -0.308 e. The zero-order chi connectivity index (χ0) is 21.3. The number of halogens is 4. The second kappa shape index (κ2) is 7.71. The first-order valence-corrected chi connectivity index (χ1v) is 9.38. The van der Waals surface area contributed by atoms with Gasteiger partial charge in [-0.2, -0.15) is 13.2 Å². The Balaban J connectivity index is 1.51. The predicted molar refractivity (Wildman–Crippen MR) is 107 cm³/mol. The maximum absolute atomic E-state index is 13.4. The second-order valence-electron chi connectivity index (χ2n) is 6.20. The van der Waals surface area contributed by atoms with Crippen molar-refractivity contribution >= 4 is 39.1 Å². The molecule has 2 aromatic carbocycles. The van der Waals surface area contributed by atoms with Crippen LogP contribution in [0.2, 0.25) is 0 Å². The Morgan fingerprint density at radius 1 is 0.967 bits per heavy atom. The third kappa shape index (κ3) is 4.23. The molecule has 0 atom stereocenters. The van der Waals surface area contributed by atoms with E-state index in [-0.39, 0.29) is 5.69 Å². The lowest BCUT2D eigenvalue weighted by molar-refractivity contribution is -0.139. The highest BCUT2D eigenvalue weighted by Gasteiger charge is 2.34. The van der Waals surface area contributed by atoms with Gasteiger partial charge in [-0.1, -0.05) is 23.5 Å². The van der Waals surface area contributed by atoms with Gasteiger partial charge in [-0.3, -0.25) is 0 Å². The number of nitrogens with zero attached hydrogens (tertiary/aromatic N) is 2. The van der Waals surface area contributed by atoms with Crippen LogP contribution in [0, 0.1) is 5.82 Å². The van der Waals surface area contributed by atoms with Gasteiger partial charge in [0.2, 0.25) is 0 Å². The summed E-state index contributed by atoms with van der Waals surface area (Å²) < 4.78 is 51.8. The molecule has 0 aliphatic heterocycles. The van der Waals surface area contributed by atoms with Crippen LogP contribution in [0.25, 0.3) is 20.9 Å². The molecule has 2 amide bonds. The van der Waals surface area contributed by atoms with Crippen molar-refractivity contribution < 1.29 is 22.4 Å². The molecular formula is C20H12F4N4OS. The van der Waals surface area contributed by atoms with Crippen LogP contribution in [0.3, 0.4) is 0 Å². The molecule has 30 heavy (non-hydrogen) atoms. The summed E-state index contributed by atoms with van der Waals surface area (Å²) >= 11 is 1.39. The monoisotopic (exact) mass is 432 g/mol. The number of aromatic nitrogens is 2. The number of fused-ring (bicyclic) bond motifs is 1. The van der Waals surface area contributed by atoms with Crippen LogP contribution in [0.15, 0.2) is 60.8 Å². The molecule has 0 bridgehead atoms. The Bertz CT molecular complexity index is 1210. The first kappa shape index (κ1) is 19.8. The van der Waals surface area contributed by atoms with Gasteiger partial charge in [0.15, 0.2) is 0 Å². The molecule has 2 heterocycles. The zero-order valence-corrected chi connectivity index (χ0v) is 15.8. The van der Waals surface area contributed by atoms with Crippen molar-refractivity contribution in [2.45, 2.75) is 6.18 Å². The fraction of sp³-hybridized carbons (Fsp3) is 0.0500. The highest BCUT2D eigenvalue weighted by molar-refractivity contribution is 7.21. The third-order valence-electron chi connectivity index (χ3n) is 4.06. The maximum atomic E-state index is 13.4. The molecule has 0 radical (unpaired) electrons. The summed E-state index contributed by atoms with van der Waals surface area (Å²) in [6.07, 6.45) is -3.19. The molecule has 5 nitrogen and oxygen atoms in total. The lowest BCUT2D eigenvalue weighted by Gasteiger charge is -2.12. The topological polar surface area (TPSA) is 66.9 Å². The molecule has 0 spiro atoms. The van der Waals surface area contributed by atoms with Crippen molar-refractivity contribution in [1.82, 2.24) is 9.97 Å². The van der Waals surface area contributed by atoms with Crippen molar-refractivity contribution in [1.29, 1.82) is 0 Å². The number of anilines is 2. The van der Waals surface area contributed by atoms with Gasteiger partial charge in [0.25, 0.3) is 0 Å². The number of nitrogens with one attached hydrogen (secondary N) is 2. The number of alkyl halides is 3. The number of pyridine rings is 1. The van der Waals surface area contributed by atoms with E-state index < -0.39 is 23.6 Å². The minimum absolute atomic E-state index is 0.186. The number of urea groups is 1. The van der Waals surface area contributed by atoms with E-state index in [4.69, 9.17) is 0 Å². The van der Waals surface area contributed by atoms with E-state index in [9.17, 15) is 22.4 Å². The summed E-state index contributed by atoms with van der Waals surface area (Å²) in [5.41, 5.74) is 0.277. The molecule has 0 aliphatic carbocycles. The Kier molecular flexibility index (Phi) is 5.08. The molecule has 0 saturated carbocycles. The predicted octanol–water partition coefficient (Wildman–Crippen LogP) is 6.16. The molecular weight excluding hydrogens is 420 g/mol. The summed E-state index contributed by atoms with van der Waals surface area (Å²) in [5, 5.41) is 5.52. The van der Waals surface area contributed by atoms with Crippen molar-refractivity contribution in [2.75, 3.05) is 10.6 Å². The van der Waals surface area contributed by atoms with Crippen LogP contribution in [0.5, 0.6) is 0 Å². The van der Waals surface area contributed by atoms with Gasteiger partial charge >= 0.3 is 12.2 Å². The molecule has 152 valence electrons. The van der Waals surface area contributed by atoms with Crippen molar-refractivity contribution in [2.24, 2.45) is 0 Å². The van der Waals surface area contributed by atoms with Gasteiger partial charge in [-0.05, 0) is 42.5 Å². The van der Waals surface area contributed by atoms with Gasteiger partial charge < -0.3 is 10.6 Å². The largest absolute Gasteiger partial charge is 0.419 e. The summed E-state index contributed by atoms with van der Waals surface area (Å²) in [6, 6.07) is 11.9. The zero-order valence-electron chi connectivity index (χ0n) is 15.0. The Morgan fingerprint density at radius 2 is 1.73 bits per heavy atom. The third-order valence-corrected chi connectivity index (χ3v) is 5.09. The van der Waals surface area contributed by atoms with Crippen LogP contribution in [-0.4, -0.2) is 16.0 Å². The van der Waals surface area contributed by atoms with Crippen molar-refractivity contribution in [3.63, 3.8) is 0 Å². The van der Waals surface area contributed by atoms with Crippen molar-refractivity contribution in [3.8, 4) is 10.6 Å². The average Bonchev–Trinajstić information content (AvgIpc) is 3.13. The molecule has 0 fully saturated rings. The molecule has 2 N–H and O–H groups in total. The first-order chi connectivity index (χ1) is 14.3. The van der Waals surface area contributed by atoms with Gasteiger partial charge in [0.1, 0.15) is 21.2 Å². The second-order valence-corrected chi connectivity index (χ2v) is 7.18. The van der Waals surface area contributed by atoms with E-state index >= 15 is 0 Å². The number of rotatable bonds is 3. The van der Waals surface area contributed by atoms with Gasteiger partial charge in [-0.15, -0.1) is 0 Å². The molecule has 0 aliphatic rings. The highest BCUT2D eigenvalue weighted by atomic mass is 32.1. The van der Waals surface area contributed by atoms with Crippen LogP contribution in [0.1, 0.15) is 5.56 Å². The smallest absolute Gasteiger partial charge is 0.308 e. The Hall–Kier alpha value is -3.53. The molecule has 4 rings (SSSR count). The normalized spacial score (nSPS) is 11.5. The van der Waals surface area contributed by atoms with E-state index in [0.717, 1.165) is 22.0 Å². The number of carbonyl (C=O) groups is 1. The fourth-order valence-corrected chi connectivity index (χ4v) is 3.64. The Labute approximate surface area is 171 Å². The van der Waals surface area contributed by atoms with E-state index in [1.807, 2.05) is 12.1 Å². The van der Waals surface area contributed by atoms with Crippen LogP contribution in [0.4, 0.5) is 33.7 Å². The summed E-state index contributed by atoms with van der Waals surface area (Å²) in [4.78, 5) is 21.7. The summed E-state index contributed by atoms with van der Waals surface area (Å²) in [7, 11) is 0. The summed E-state index contributed by atoms with van der Waals surface area (Å²) in [6.45, 7) is 0. The van der Waals surface area contributed by atoms with Gasteiger partial charge in [0.05, 0.1) is 5.56 Å². The highest BCUT2D eigenvalue weighted by Crippen LogP contribution is 2.33.